The fourth-order valence-corrected chi connectivity index (χ4v) is 2.31. The highest BCUT2D eigenvalue weighted by atomic mass is 16.7. The van der Waals surface area contributed by atoms with Gasteiger partial charge in [0.25, 0.3) is 0 Å². The fraction of sp³-hybridized carbons (Fsp3) is 0.125. The third-order valence-corrected chi connectivity index (χ3v) is 3.49. The molecule has 0 bridgehead atoms. The molecule has 1 atom stereocenters. The van der Waals surface area contributed by atoms with Crippen molar-refractivity contribution in [1.82, 2.24) is 10.2 Å². The molecule has 0 spiro atoms. The molecule has 0 amide bonds. The molecule has 7 nitrogen and oxygen atoms in total. The van der Waals surface area contributed by atoms with Crippen molar-refractivity contribution in [3.05, 3.63) is 60.0 Å². The number of rotatable bonds is 4. The zero-order chi connectivity index (χ0) is 15.6. The first-order valence-corrected chi connectivity index (χ1v) is 7.10. The van der Waals surface area contributed by atoms with Gasteiger partial charge in [-0.1, -0.05) is 35.4 Å². The SMILES string of the molecule is NC(c1ccccc1)c1nnc(Nc2ccc3c(c2)OCO3)o1. The van der Waals surface area contributed by atoms with Crippen molar-refractivity contribution in [2.45, 2.75) is 6.04 Å². The van der Waals surface area contributed by atoms with Crippen LogP contribution in [0.1, 0.15) is 17.5 Å². The Labute approximate surface area is 132 Å². The maximum Gasteiger partial charge on any atom is 0.320 e. The highest BCUT2D eigenvalue weighted by Gasteiger charge is 2.17. The summed E-state index contributed by atoms with van der Waals surface area (Å²) in [6, 6.07) is 14.9. The molecule has 3 N–H and O–H groups in total. The van der Waals surface area contributed by atoms with Gasteiger partial charge in [-0.15, -0.1) is 5.10 Å². The summed E-state index contributed by atoms with van der Waals surface area (Å²) >= 11 is 0. The van der Waals surface area contributed by atoms with Crippen LogP contribution in [0.2, 0.25) is 0 Å². The Bertz CT molecular complexity index is 819. The normalized spacial score (nSPS) is 13.8. The van der Waals surface area contributed by atoms with Gasteiger partial charge in [-0.2, -0.15) is 0 Å². The minimum atomic E-state index is -0.462. The molecule has 2 aromatic carbocycles. The van der Waals surface area contributed by atoms with Gasteiger partial charge in [0.2, 0.25) is 12.7 Å². The van der Waals surface area contributed by atoms with E-state index in [4.69, 9.17) is 19.6 Å². The third kappa shape index (κ3) is 2.69. The smallest absolute Gasteiger partial charge is 0.320 e. The van der Waals surface area contributed by atoms with E-state index in [0.29, 0.717) is 17.4 Å². The van der Waals surface area contributed by atoms with Crippen LogP contribution in [0.15, 0.2) is 52.9 Å². The lowest BCUT2D eigenvalue weighted by Crippen LogP contribution is -2.11. The first-order chi connectivity index (χ1) is 11.3. The predicted molar refractivity (Wildman–Crippen MR) is 82.6 cm³/mol. The number of aromatic nitrogens is 2. The number of nitrogens with zero attached hydrogens (tertiary/aromatic N) is 2. The summed E-state index contributed by atoms with van der Waals surface area (Å²) < 4.78 is 16.2. The van der Waals surface area contributed by atoms with Crippen molar-refractivity contribution in [2.24, 2.45) is 5.73 Å². The number of fused-ring (bicyclic) bond motifs is 1. The van der Waals surface area contributed by atoms with Crippen LogP contribution in [0, 0.1) is 0 Å². The number of benzene rings is 2. The molecule has 4 rings (SSSR count). The number of ether oxygens (including phenoxy) is 2. The van der Waals surface area contributed by atoms with E-state index in [9.17, 15) is 0 Å². The molecule has 1 aliphatic heterocycles. The van der Waals surface area contributed by atoms with Crippen molar-refractivity contribution >= 4 is 11.7 Å². The Morgan fingerprint density at radius 1 is 1.00 bits per heavy atom. The monoisotopic (exact) mass is 310 g/mol. The van der Waals surface area contributed by atoms with Crippen molar-refractivity contribution in [1.29, 1.82) is 0 Å². The zero-order valence-electron chi connectivity index (χ0n) is 12.1. The van der Waals surface area contributed by atoms with Gasteiger partial charge >= 0.3 is 6.01 Å². The van der Waals surface area contributed by atoms with Crippen LogP contribution in [-0.2, 0) is 0 Å². The Hall–Kier alpha value is -3.06. The summed E-state index contributed by atoms with van der Waals surface area (Å²) in [4.78, 5) is 0. The highest BCUT2D eigenvalue weighted by molar-refractivity contribution is 5.59. The van der Waals surface area contributed by atoms with E-state index in [1.165, 1.54) is 0 Å². The number of nitrogens with one attached hydrogen (secondary N) is 1. The summed E-state index contributed by atoms with van der Waals surface area (Å²) in [7, 11) is 0. The van der Waals surface area contributed by atoms with E-state index < -0.39 is 6.04 Å². The van der Waals surface area contributed by atoms with Gasteiger partial charge in [0.1, 0.15) is 6.04 Å². The molecule has 2 heterocycles. The number of hydrogen-bond acceptors (Lipinski definition) is 7. The second-order valence-corrected chi connectivity index (χ2v) is 5.03. The molecule has 3 aromatic rings. The second kappa shape index (κ2) is 5.62. The largest absolute Gasteiger partial charge is 0.454 e. The molecule has 1 unspecified atom stereocenters. The van der Waals surface area contributed by atoms with Crippen LogP contribution in [0.5, 0.6) is 11.5 Å². The first-order valence-electron chi connectivity index (χ1n) is 7.10. The summed E-state index contributed by atoms with van der Waals surface area (Å²) in [6.07, 6.45) is 0. The second-order valence-electron chi connectivity index (χ2n) is 5.03. The number of hydrogen-bond donors (Lipinski definition) is 2. The van der Waals surface area contributed by atoms with Crippen LogP contribution in [-0.4, -0.2) is 17.0 Å². The average Bonchev–Trinajstić information content (AvgIpc) is 3.24. The summed E-state index contributed by atoms with van der Waals surface area (Å²) in [5.74, 6) is 1.74. The Balaban J connectivity index is 1.52. The lowest BCUT2D eigenvalue weighted by Gasteiger charge is -2.06. The molecule has 0 radical (unpaired) electrons. The lowest BCUT2D eigenvalue weighted by molar-refractivity contribution is 0.174. The van der Waals surface area contributed by atoms with Crippen LogP contribution in [0.4, 0.5) is 11.7 Å². The van der Waals surface area contributed by atoms with Crippen LogP contribution in [0.3, 0.4) is 0 Å². The van der Waals surface area contributed by atoms with Gasteiger partial charge < -0.3 is 24.9 Å². The van der Waals surface area contributed by atoms with E-state index in [-0.39, 0.29) is 12.8 Å². The van der Waals surface area contributed by atoms with Crippen molar-refractivity contribution in [3.63, 3.8) is 0 Å². The molecular formula is C16H14N4O3. The van der Waals surface area contributed by atoms with E-state index in [1.54, 1.807) is 0 Å². The van der Waals surface area contributed by atoms with Gasteiger partial charge in [0, 0.05) is 11.8 Å². The van der Waals surface area contributed by atoms with Crippen molar-refractivity contribution < 1.29 is 13.9 Å². The molecule has 0 fully saturated rings. The lowest BCUT2D eigenvalue weighted by atomic mass is 10.1. The maximum atomic E-state index is 6.14. The molecule has 1 aromatic heterocycles. The van der Waals surface area contributed by atoms with Crippen LogP contribution in [0.25, 0.3) is 0 Å². The Kier molecular flexibility index (Phi) is 3.32. The first kappa shape index (κ1) is 13.6. The van der Waals surface area contributed by atoms with Crippen LogP contribution >= 0.6 is 0 Å². The highest BCUT2D eigenvalue weighted by Crippen LogP contribution is 2.35. The zero-order valence-corrected chi connectivity index (χ0v) is 12.1. The van der Waals surface area contributed by atoms with Gasteiger partial charge in [-0.3, -0.25) is 0 Å². The van der Waals surface area contributed by atoms with Crippen molar-refractivity contribution in [2.75, 3.05) is 12.1 Å². The van der Waals surface area contributed by atoms with Crippen molar-refractivity contribution in [3.8, 4) is 11.5 Å². The van der Waals surface area contributed by atoms with Crippen LogP contribution < -0.4 is 20.5 Å². The molecule has 7 heteroatoms. The molecule has 0 saturated carbocycles. The van der Waals surface area contributed by atoms with Gasteiger partial charge in [0.05, 0.1) is 0 Å². The average molecular weight is 310 g/mol. The standard InChI is InChI=1S/C16H14N4O3/c17-14(10-4-2-1-3-5-10)15-19-20-16(23-15)18-11-6-7-12-13(8-11)22-9-21-12/h1-8,14H,9,17H2,(H,18,20). The topological polar surface area (TPSA) is 95.4 Å². The predicted octanol–water partition coefficient (Wildman–Crippen LogP) is 2.59. The molecule has 116 valence electrons. The minimum absolute atomic E-state index is 0.232. The Morgan fingerprint density at radius 2 is 1.83 bits per heavy atom. The van der Waals surface area contributed by atoms with Gasteiger partial charge in [-0.05, 0) is 17.7 Å². The molecule has 1 aliphatic rings. The molecular weight excluding hydrogens is 296 g/mol. The molecule has 23 heavy (non-hydrogen) atoms. The Morgan fingerprint density at radius 3 is 2.70 bits per heavy atom. The van der Waals surface area contributed by atoms with Gasteiger partial charge in [-0.25, -0.2) is 0 Å². The van der Waals surface area contributed by atoms with E-state index in [0.717, 1.165) is 11.3 Å². The van der Waals surface area contributed by atoms with E-state index in [2.05, 4.69) is 15.5 Å². The summed E-state index contributed by atoms with van der Waals surface area (Å²) in [5.41, 5.74) is 7.81. The van der Waals surface area contributed by atoms with E-state index in [1.807, 2.05) is 48.5 Å². The minimum Gasteiger partial charge on any atom is -0.454 e. The third-order valence-electron chi connectivity index (χ3n) is 3.49. The maximum absolute atomic E-state index is 6.14. The quantitative estimate of drug-likeness (QED) is 0.764. The molecule has 0 aliphatic carbocycles. The number of anilines is 2. The summed E-state index contributed by atoms with van der Waals surface area (Å²) in [5, 5.41) is 11.0. The van der Waals surface area contributed by atoms with Gasteiger partial charge in [0.15, 0.2) is 11.5 Å². The summed E-state index contributed by atoms with van der Waals surface area (Å²) in [6.45, 7) is 0.232. The van der Waals surface area contributed by atoms with E-state index >= 15 is 0 Å². The number of nitrogens with two attached hydrogens (primary N) is 1. The molecule has 0 saturated heterocycles. The fourth-order valence-electron chi connectivity index (χ4n) is 2.31.